The van der Waals surface area contributed by atoms with E-state index >= 15 is 0 Å². The summed E-state index contributed by atoms with van der Waals surface area (Å²) >= 11 is 13.7. The number of benzene rings is 1. The number of carbonyl (C=O) groups is 1. The molecule has 1 aliphatic heterocycles. The van der Waals surface area contributed by atoms with Gasteiger partial charge in [-0.3, -0.25) is 4.79 Å². The molecule has 0 spiro atoms. The third-order valence-corrected chi connectivity index (χ3v) is 4.85. The van der Waals surface area contributed by atoms with Crippen LogP contribution in [0.25, 0.3) is 10.9 Å². The van der Waals surface area contributed by atoms with E-state index in [1.165, 1.54) is 11.9 Å². The lowest BCUT2D eigenvalue weighted by atomic mass is 10.2. The second kappa shape index (κ2) is 6.08. The fourth-order valence-electron chi connectivity index (χ4n) is 2.37. The van der Waals surface area contributed by atoms with Gasteiger partial charge in [0.2, 0.25) is 0 Å². The molecular formula is C15H10Cl2N4O2S. The van der Waals surface area contributed by atoms with Crippen LogP contribution in [0.1, 0.15) is 0 Å². The maximum Gasteiger partial charge on any atom is 0.263 e. The molecule has 0 radical (unpaired) electrons. The molecule has 0 saturated carbocycles. The Labute approximate surface area is 151 Å². The van der Waals surface area contributed by atoms with Crippen LogP contribution in [0.15, 0.2) is 35.5 Å². The maximum absolute atomic E-state index is 11.3. The summed E-state index contributed by atoms with van der Waals surface area (Å²) in [6.07, 6.45) is 3.35. The van der Waals surface area contributed by atoms with Gasteiger partial charge in [-0.25, -0.2) is 4.98 Å². The number of aromatic nitrogens is 2. The van der Waals surface area contributed by atoms with Gasteiger partial charge in [-0.15, -0.1) is 0 Å². The molecule has 24 heavy (non-hydrogen) atoms. The van der Waals surface area contributed by atoms with Gasteiger partial charge in [-0.1, -0.05) is 23.2 Å². The third kappa shape index (κ3) is 2.75. The van der Waals surface area contributed by atoms with Crippen molar-refractivity contribution in [2.75, 3.05) is 16.6 Å². The van der Waals surface area contributed by atoms with Gasteiger partial charge in [-0.2, -0.15) is 0 Å². The molecule has 1 amide bonds. The van der Waals surface area contributed by atoms with Gasteiger partial charge in [0.05, 0.1) is 26.1 Å². The first kappa shape index (κ1) is 15.4. The predicted octanol–water partition coefficient (Wildman–Crippen LogP) is 4.32. The number of hydrogen-bond donors (Lipinski definition) is 3. The number of halogens is 2. The van der Waals surface area contributed by atoms with Crippen LogP contribution in [0.3, 0.4) is 0 Å². The van der Waals surface area contributed by atoms with Crippen molar-refractivity contribution in [2.45, 2.75) is 4.90 Å². The van der Waals surface area contributed by atoms with Crippen molar-refractivity contribution < 1.29 is 9.53 Å². The van der Waals surface area contributed by atoms with Crippen LogP contribution in [0, 0.1) is 0 Å². The molecule has 0 aliphatic carbocycles. The third-order valence-electron chi connectivity index (χ3n) is 3.46. The highest BCUT2D eigenvalue weighted by Gasteiger charge is 2.18. The minimum Gasteiger partial charge on any atom is -0.480 e. The molecule has 1 aliphatic rings. The molecule has 0 atom stereocenters. The van der Waals surface area contributed by atoms with Gasteiger partial charge in [0.25, 0.3) is 5.91 Å². The van der Waals surface area contributed by atoms with E-state index in [1.807, 2.05) is 12.1 Å². The number of nitrogens with one attached hydrogen (secondary N) is 3. The number of rotatable bonds is 3. The number of hydrogen-bond acceptors (Lipinski definition) is 5. The zero-order chi connectivity index (χ0) is 16.7. The first-order chi connectivity index (χ1) is 11.6. The molecule has 2 aromatic heterocycles. The smallest absolute Gasteiger partial charge is 0.263 e. The topological polar surface area (TPSA) is 79.0 Å². The van der Waals surface area contributed by atoms with Gasteiger partial charge < -0.3 is 19.8 Å². The van der Waals surface area contributed by atoms with Crippen molar-refractivity contribution in [3.8, 4) is 5.75 Å². The molecule has 4 rings (SSSR count). The first-order valence-corrected chi connectivity index (χ1v) is 8.49. The van der Waals surface area contributed by atoms with Crippen LogP contribution < -0.4 is 14.8 Å². The number of aromatic amines is 1. The summed E-state index contributed by atoms with van der Waals surface area (Å²) in [6, 6.07) is 5.47. The highest BCUT2D eigenvalue weighted by atomic mass is 35.5. The Morgan fingerprint density at radius 2 is 2.17 bits per heavy atom. The summed E-state index contributed by atoms with van der Waals surface area (Å²) in [7, 11) is 0. The molecule has 0 bridgehead atoms. The van der Waals surface area contributed by atoms with E-state index in [0.29, 0.717) is 21.6 Å². The average Bonchev–Trinajstić information content (AvgIpc) is 2.97. The highest BCUT2D eigenvalue weighted by molar-refractivity contribution is 8.00. The molecule has 6 nitrogen and oxygen atoms in total. The zero-order valence-electron chi connectivity index (χ0n) is 12.0. The van der Waals surface area contributed by atoms with E-state index in [1.54, 1.807) is 18.5 Å². The molecule has 0 unspecified atom stereocenters. The molecule has 9 heteroatoms. The van der Waals surface area contributed by atoms with Crippen LogP contribution >= 0.6 is 35.1 Å². The Morgan fingerprint density at radius 3 is 3.04 bits per heavy atom. The van der Waals surface area contributed by atoms with Crippen molar-refractivity contribution >= 4 is 63.5 Å². The summed E-state index contributed by atoms with van der Waals surface area (Å²) in [6.45, 7) is -0.00495. The SMILES string of the molecule is O=C1COc2cc(SNc3ccc(Cl)c4c(Cl)c[nH]c34)cnc2N1. The van der Waals surface area contributed by atoms with Gasteiger partial charge in [0.15, 0.2) is 18.2 Å². The van der Waals surface area contributed by atoms with Crippen molar-refractivity contribution in [3.05, 3.63) is 40.6 Å². The Morgan fingerprint density at radius 1 is 1.29 bits per heavy atom. The number of H-pyrrole nitrogens is 1. The van der Waals surface area contributed by atoms with Gasteiger partial charge in [0.1, 0.15) is 0 Å². The molecule has 3 N–H and O–H groups in total. The molecule has 0 saturated heterocycles. The van der Waals surface area contributed by atoms with Gasteiger partial charge in [-0.05, 0) is 24.1 Å². The number of ether oxygens (including phenoxy) is 1. The quantitative estimate of drug-likeness (QED) is 0.589. The Balaban J connectivity index is 1.58. The number of carbonyl (C=O) groups excluding carboxylic acids is 1. The van der Waals surface area contributed by atoms with Crippen LogP contribution in [0.2, 0.25) is 10.0 Å². The summed E-state index contributed by atoms with van der Waals surface area (Å²) in [5.41, 5.74) is 1.67. The Hall–Kier alpha value is -2.09. The summed E-state index contributed by atoms with van der Waals surface area (Å²) in [5.74, 6) is 0.770. The number of nitrogens with zero attached hydrogens (tertiary/aromatic N) is 1. The van der Waals surface area contributed by atoms with E-state index in [2.05, 4.69) is 20.0 Å². The Kier molecular flexibility index (Phi) is 3.91. The van der Waals surface area contributed by atoms with E-state index in [4.69, 9.17) is 27.9 Å². The largest absolute Gasteiger partial charge is 0.480 e. The molecule has 3 heterocycles. The Bertz CT molecular complexity index is 960. The summed E-state index contributed by atoms with van der Waals surface area (Å²) < 4.78 is 8.61. The van der Waals surface area contributed by atoms with E-state index in [-0.39, 0.29) is 12.5 Å². The lowest BCUT2D eigenvalue weighted by Crippen LogP contribution is -2.26. The molecule has 3 aromatic rings. The van der Waals surface area contributed by atoms with Gasteiger partial charge >= 0.3 is 0 Å². The van der Waals surface area contributed by atoms with Crippen LogP contribution in [-0.4, -0.2) is 22.5 Å². The molecular weight excluding hydrogens is 371 g/mol. The van der Waals surface area contributed by atoms with Crippen molar-refractivity contribution in [3.63, 3.8) is 0 Å². The number of anilines is 2. The van der Waals surface area contributed by atoms with E-state index in [0.717, 1.165) is 21.5 Å². The minimum absolute atomic E-state index is 0.00495. The lowest BCUT2D eigenvalue weighted by molar-refractivity contribution is -0.118. The number of fused-ring (bicyclic) bond motifs is 2. The van der Waals surface area contributed by atoms with E-state index in [9.17, 15) is 4.79 Å². The van der Waals surface area contributed by atoms with Crippen LogP contribution in [0.4, 0.5) is 11.5 Å². The van der Waals surface area contributed by atoms with Crippen molar-refractivity contribution in [1.29, 1.82) is 0 Å². The molecule has 1 aromatic carbocycles. The second-order valence-electron chi connectivity index (χ2n) is 5.04. The second-order valence-corrected chi connectivity index (χ2v) is 6.73. The number of pyridine rings is 1. The normalized spacial score (nSPS) is 13.3. The fraction of sp³-hybridized carbons (Fsp3) is 0.0667. The molecule has 122 valence electrons. The summed E-state index contributed by atoms with van der Waals surface area (Å²) in [5, 5.41) is 4.59. The van der Waals surface area contributed by atoms with E-state index < -0.39 is 0 Å². The first-order valence-electron chi connectivity index (χ1n) is 6.92. The monoisotopic (exact) mass is 380 g/mol. The van der Waals surface area contributed by atoms with Crippen LogP contribution in [0.5, 0.6) is 5.75 Å². The van der Waals surface area contributed by atoms with Crippen molar-refractivity contribution in [1.82, 2.24) is 9.97 Å². The maximum atomic E-state index is 11.3. The predicted molar refractivity (Wildman–Crippen MR) is 96.2 cm³/mol. The zero-order valence-corrected chi connectivity index (χ0v) is 14.4. The summed E-state index contributed by atoms with van der Waals surface area (Å²) in [4.78, 5) is 19.4. The highest BCUT2D eigenvalue weighted by Crippen LogP contribution is 2.37. The fourth-order valence-corrected chi connectivity index (χ4v) is 3.59. The standard InChI is InChI=1S/C15H10Cl2N4O2S/c16-8-1-2-10(14-13(8)9(17)5-18-14)21-24-7-3-11-15(19-4-7)20-12(22)6-23-11/h1-5,18,21H,6H2,(H,19,20,22). The average molecular weight is 381 g/mol. The van der Waals surface area contributed by atoms with Gasteiger partial charge in [0, 0.05) is 23.8 Å². The number of amides is 1. The van der Waals surface area contributed by atoms with Crippen LogP contribution in [-0.2, 0) is 4.79 Å². The van der Waals surface area contributed by atoms with Crippen molar-refractivity contribution in [2.24, 2.45) is 0 Å². The minimum atomic E-state index is -0.208. The lowest BCUT2D eigenvalue weighted by Gasteiger charge is -2.17. The molecule has 0 fully saturated rings.